The molecule has 2 N–H and O–H groups in total. The number of carbonyl (C=O) groups excluding carboxylic acids is 3. The van der Waals surface area contributed by atoms with Crippen molar-refractivity contribution in [2.24, 2.45) is 11.3 Å². The number of likely N-dealkylation sites (tertiary alicyclic amines) is 1. The lowest BCUT2D eigenvalue weighted by atomic mass is 9.85. The van der Waals surface area contributed by atoms with Gasteiger partial charge in [0.25, 0.3) is 5.91 Å². The van der Waals surface area contributed by atoms with Crippen LogP contribution in [0.4, 0.5) is 4.39 Å². The number of aromatic nitrogens is 1. The van der Waals surface area contributed by atoms with E-state index in [1.54, 1.807) is 17.4 Å². The minimum Gasteiger partial charge on any atom is -0.350 e. The molecule has 3 rings (SSSR count). The van der Waals surface area contributed by atoms with E-state index >= 15 is 0 Å². The smallest absolute Gasteiger partial charge is 0.258 e. The summed E-state index contributed by atoms with van der Waals surface area (Å²) in [7, 11) is 0. The van der Waals surface area contributed by atoms with Crippen molar-refractivity contribution in [2.45, 2.75) is 98.8 Å². The number of halogens is 1. The van der Waals surface area contributed by atoms with E-state index in [1.165, 1.54) is 10.5 Å². The summed E-state index contributed by atoms with van der Waals surface area (Å²) in [5, 5.41) is 5.59. The predicted octanol–water partition coefficient (Wildman–Crippen LogP) is 5.77. The molecule has 1 aliphatic carbocycles. The molecule has 0 radical (unpaired) electrons. The summed E-state index contributed by atoms with van der Waals surface area (Å²) in [4.78, 5) is 46.2. The number of alkyl halides is 1. The van der Waals surface area contributed by atoms with Crippen molar-refractivity contribution < 1.29 is 18.8 Å². The van der Waals surface area contributed by atoms with Gasteiger partial charge in [0, 0.05) is 13.1 Å². The molecule has 2 fully saturated rings. The third-order valence-corrected chi connectivity index (χ3v) is 8.14. The lowest BCUT2D eigenvalue weighted by molar-refractivity contribution is -0.144. The van der Waals surface area contributed by atoms with E-state index < -0.39 is 29.1 Å². The minimum absolute atomic E-state index is 0.176. The molecule has 1 aromatic rings. The highest BCUT2D eigenvalue weighted by molar-refractivity contribution is 7.10. The average Bonchev–Trinajstić information content (AvgIpc) is 3.27. The topological polar surface area (TPSA) is 91.4 Å². The zero-order chi connectivity index (χ0) is 30.3. The number of thiazole rings is 1. The van der Waals surface area contributed by atoms with Crippen LogP contribution in [0.3, 0.4) is 0 Å². The van der Waals surface area contributed by atoms with Gasteiger partial charge in [0.15, 0.2) is 5.67 Å². The van der Waals surface area contributed by atoms with Crippen molar-refractivity contribution >= 4 is 34.6 Å². The Bertz CT molecular complexity index is 1130. The van der Waals surface area contributed by atoms with E-state index in [2.05, 4.69) is 36.0 Å². The molecular weight excluding hydrogens is 527 g/mol. The molecule has 1 unspecified atom stereocenters. The fraction of sp³-hybridized carbons (Fsp3) is 0.613. The number of amides is 3. The van der Waals surface area contributed by atoms with Crippen LogP contribution in [0.1, 0.15) is 84.7 Å². The van der Waals surface area contributed by atoms with Crippen molar-refractivity contribution in [3.63, 3.8) is 0 Å². The number of nitrogens with one attached hydrogen (secondary N) is 2. The van der Waals surface area contributed by atoms with Crippen LogP contribution in [-0.2, 0) is 14.4 Å². The van der Waals surface area contributed by atoms with Crippen molar-refractivity contribution in [1.82, 2.24) is 20.5 Å². The number of hydrogen-bond acceptors (Lipinski definition) is 5. The van der Waals surface area contributed by atoms with E-state index in [0.29, 0.717) is 25.3 Å². The highest BCUT2D eigenvalue weighted by Crippen LogP contribution is 2.40. The summed E-state index contributed by atoms with van der Waals surface area (Å²) in [5.74, 6) is -1.04. The number of aryl methyl sites for hydroxylation is 1. The maximum Gasteiger partial charge on any atom is 0.258 e. The van der Waals surface area contributed by atoms with Crippen LogP contribution in [0.2, 0.25) is 0 Å². The maximum atomic E-state index is 14.3. The lowest BCUT2D eigenvalue weighted by Gasteiger charge is -2.35. The maximum absolute atomic E-state index is 14.3. The summed E-state index contributed by atoms with van der Waals surface area (Å²) in [6.07, 6.45) is 7.28. The molecule has 1 saturated heterocycles. The van der Waals surface area contributed by atoms with Gasteiger partial charge in [-0.2, -0.15) is 0 Å². The van der Waals surface area contributed by atoms with Crippen molar-refractivity contribution in [3.8, 4) is 0 Å². The fourth-order valence-corrected chi connectivity index (χ4v) is 5.51. The molecule has 0 aromatic carbocycles. The van der Waals surface area contributed by atoms with Gasteiger partial charge in [-0.25, -0.2) is 9.37 Å². The standard InChI is InChI=1S/C29H41FN4O3S.C2H6/c1-8-20(11-12-21(18(2)3)23-19(4)32-17-38-23)16-31-25(35)22-10-9-15-34(22)26(36)24(28(5,6)7)33-27(37)29(30)13-14-29;1-2/h8,11-12,17-18,22,24H,1,9-10,13-16H2,2-7H3,(H,31,35)(H,33,37);1-2H3/b20-11+,21-12+;/t22-,24?;/m0./s1. The first-order valence-electron chi connectivity index (χ1n) is 14.3. The monoisotopic (exact) mass is 574 g/mol. The summed E-state index contributed by atoms with van der Waals surface area (Å²) in [6.45, 7) is 20.3. The van der Waals surface area contributed by atoms with Crippen molar-refractivity contribution in [1.29, 1.82) is 0 Å². The molecule has 2 aliphatic rings. The molecule has 0 spiro atoms. The first-order valence-corrected chi connectivity index (χ1v) is 15.2. The molecule has 3 amide bonds. The molecule has 7 nitrogen and oxygen atoms in total. The highest BCUT2D eigenvalue weighted by atomic mass is 32.1. The predicted molar refractivity (Wildman–Crippen MR) is 161 cm³/mol. The quantitative estimate of drug-likeness (QED) is 0.347. The summed E-state index contributed by atoms with van der Waals surface area (Å²) < 4.78 is 14.3. The van der Waals surface area contributed by atoms with Crippen LogP contribution in [0, 0.1) is 18.3 Å². The molecule has 1 aromatic heterocycles. The molecule has 1 aliphatic heterocycles. The SMILES string of the molecule is C=C/C(=C\C=C(\c1scnc1C)C(C)C)CNC(=O)[C@@H]1CCCN1C(=O)C(NC(=O)C1(F)CC1)C(C)(C)C.CC. The molecular formula is C31H47FN4O3S. The van der Waals surface area contributed by atoms with Gasteiger partial charge in [-0.1, -0.05) is 73.3 Å². The minimum atomic E-state index is -1.87. The summed E-state index contributed by atoms with van der Waals surface area (Å²) in [6, 6.07) is -1.56. The van der Waals surface area contributed by atoms with Crippen LogP contribution in [0.5, 0.6) is 0 Å². The Morgan fingerprint density at radius 3 is 2.40 bits per heavy atom. The molecule has 40 heavy (non-hydrogen) atoms. The molecule has 2 atom stereocenters. The number of rotatable bonds is 10. The van der Waals surface area contributed by atoms with E-state index in [1.807, 2.05) is 59.2 Å². The van der Waals surface area contributed by atoms with Crippen LogP contribution in [-0.4, -0.2) is 58.4 Å². The van der Waals surface area contributed by atoms with Gasteiger partial charge in [0.2, 0.25) is 11.8 Å². The van der Waals surface area contributed by atoms with Crippen LogP contribution >= 0.6 is 11.3 Å². The number of carbonyl (C=O) groups is 3. The Labute approximate surface area is 243 Å². The Hall–Kier alpha value is -2.81. The van der Waals surface area contributed by atoms with Crippen LogP contribution in [0.15, 0.2) is 35.9 Å². The summed E-state index contributed by atoms with van der Waals surface area (Å²) >= 11 is 1.61. The third kappa shape index (κ3) is 8.35. The second-order valence-electron chi connectivity index (χ2n) is 11.6. The van der Waals surface area contributed by atoms with Crippen LogP contribution in [0.25, 0.3) is 5.57 Å². The number of allylic oxidation sites excluding steroid dienone is 3. The lowest BCUT2D eigenvalue weighted by Crippen LogP contribution is -2.59. The zero-order valence-corrected chi connectivity index (χ0v) is 26.2. The van der Waals surface area contributed by atoms with E-state index in [-0.39, 0.29) is 31.2 Å². The largest absolute Gasteiger partial charge is 0.350 e. The zero-order valence-electron chi connectivity index (χ0n) is 25.4. The van der Waals surface area contributed by atoms with E-state index in [4.69, 9.17) is 0 Å². The number of hydrogen-bond donors (Lipinski definition) is 2. The second kappa shape index (κ2) is 14.2. The van der Waals surface area contributed by atoms with Gasteiger partial charge in [-0.05, 0) is 55.1 Å². The Morgan fingerprint density at radius 1 is 1.25 bits per heavy atom. The average molecular weight is 575 g/mol. The molecule has 2 heterocycles. The van der Waals surface area contributed by atoms with Gasteiger partial charge >= 0.3 is 0 Å². The van der Waals surface area contributed by atoms with Gasteiger partial charge in [-0.15, -0.1) is 11.3 Å². The molecule has 0 bridgehead atoms. The molecule has 1 saturated carbocycles. The first-order chi connectivity index (χ1) is 18.8. The first kappa shape index (κ1) is 33.4. The van der Waals surface area contributed by atoms with Gasteiger partial charge in [-0.3, -0.25) is 14.4 Å². The van der Waals surface area contributed by atoms with Gasteiger partial charge < -0.3 is 15.5 Å². The Balaban J connectivity index is 0.00000274. The second-order valence-corrected chi connectivity index (χ2v) is 12.5. The summed E-state index contributed by atoms with van der Waals surface area (Å²) in [5.41, 5.74) is 2.32. The van der Waals surface area contributed by atoms with E-state index in [9.17, 15) is 18.8 Å². The Morgan fingerprint density at radius 2 is 1.90 bits per heavy atom. The van der Waals surface area contributed by atoms with Crippen molar-refractivity contribution in [3.05, 3.63) is 46.5 Å². The number of nitrogens with zero attached hydrogens (tertiary/aromatic N) is 2. The van der Waals surface area contributed by atoms with E-state index in [0.717, 1.165) is 16.1 Å². The van der Waals surface area contributed by atoms with Crippen LogP contribution < -0.4 is 10.6 Å². The molecule has 9 heteroatoms. The van der Waals surface area contributed by atoms with Gasteiger partial charge in [0.1, 0.15) is 12.1 Å². The normalized spacial score (nSPS) is 19.4. The fourth-order valence-electron chi connectivity index (χ4n) is 4.53. The highest BCUT2D eigenvalue weighted by Gasteiger charge is 2.53. The van der Waals surface area contributed by atoms with Crippen molar-refractivity contribution in [2.75, 3.05) is 13.1 Å². The Kier molecular flexibility index (Phi) is 11.9. The van der Waals surface area contributed by atoms with Gasteiger partial charge in [0.05, 0.1) is 16.1 Å². The molecule has 222 valence electrons. The third-order valence-electron chi connectivity index (χ3n) is 7.16.